The average Bonchev–Trinajstić information content (AvgIpc) is 3.16. The second-order valence-electron chi connectivity index (χ2n) is 6.74. The van der Waals surface area contributed by atoms with Crippen LogP contribution in [0.2, 0.25) is 0 Å². The Kier molecular flexibility index (Phi) is 4.53. The molecule has 0 aliphatic carbocycles. The van der Waals surface area contributed by atoms with Crippen LogP contribution >= 0.6 is 0 Å². The van der Waals surface area contributed by atoms with Crippen LogP contribution in [0, 0.1) is 5.21 Å². The van der Waals surface area contributed by atoms with Gasteiger partial charge in [-0.05, 0) is 42.8 Å². The van der Waals surface area contributed by atoms with Gasteiger partial charge in [-0.1, -0.05) is 24.3 Å². The topological polar surface area (TPSA) is 65.1 Å². The number of carbonyl (C=O) groups excluding carboxylic acids is 1. The first-order chi connectivity index (χ1) is 13.5. The summed E-state index contributed by atoms with van der Waals surface area (Å²) in [6, 6.07) is 19.1. The summed E-state index contributed by atoms with van der Waals surface area (Å²) in [7, 11) is 1.74. The van der Waals surface area contributed by atoms with Gasteiger partial charge in [0.05, 0.1) is 17.1 Å². The number of nitrogens with zero attached hydrogens (tertiary/aromatic N) is 4. The summed E-state index contributed by atoms with van der Waals surface area (Å²) in [5, 5.41) is 11.4. The summed E-state index contributed by atoms with van der Waals surface area (Å²) in [5.41, 5.74) is 4.38. The van der Waals surface area contributed by atoms with Crippen LogP contribution in [0.1, 0.15) is 28.9 Å². The minimum absolute atomic E-state index is 0.138. The number of hydrogen-bond donors (Lipinski definition) is 0. The molecule has 140 valence electrons. The second kappa shape index (κ2) is 7.15. The van der Waals surface area contributed by atoms with Gasteiger partial charge in [0.1, 0.15) is 11.9 Å². The summed E-state index contributed by atoms with van der Waals surface area (Å²) in [5.74, 6) is -0.192. The van der Waals surface area contributed by atoms with Gasteiger partial charge in [-0.15, -0.1) is 0 Å². The Hall–Kier alpha value is -3.67. The molecule has 2 heterocycles. The van der Waals surface area contributed by atoms with E-state index in [1.807, 2.05) is 66.3 Å². The maximum atomic E-state index is 12.7. The zero-order valence-electron chi connectivity index (χ0n) is 15.7. The van der Waals surface area contributed by atoms with Gasteiger partial charge in [0.2, 0.25) is 0 Å². The highest BCUT2D eigenvalue weighted by molar-refractivity contribution is 5.93. The molecule has 2 aromatic carbocycles. The van der Waals surface area contributed by atoms with Gasteiger partial charge >= 0.3 is 0 Å². The summed E-state index contributed by atoms with van der Waals surface area (Å²) in [4.78, 5) is 18.7. The highest BCUT2D eigenvalue weighted by Crippen LogP contribution is 2.23. The van der Waals surface area contributed by atoms with Crippen LogP contribution in [0.4, 0.5) is 0 Å². The first kappa shape index (κ1) is 17.7. The highest BCUT2D eigenvalue weighted by Gasteiger charge is 2.20. The fourth-order valence-corrected chi connectivity index (χ4v) is 3.26. The molecule has 0 aliphatic rings. The van der Waals surface area contributed by atoms with E-state index in [0.717, 1.165) is 22.3 Å². The van der Waals surface area contributed by atoms with Crippen molar-refractivity contribution in [1.29, 1.82) is 0 Å². The monoisotopic (exact) mass is 372 g/mol. The lowest BCUT2D eigenvalue weighted by molar-refractivity contribution is -0.605. The number of pyridine rings is 1. The van der Waals surface area contributed by atoms with E-state index in [9.17, 15) is 10.0 Å². The number of para-hydroxylation sites is 2. The molecule has 4 rings (SSSR count). The molecule has 1 atom stereocenters. The Morgan fingerprint density at radius 1 is 1.11 bits per heavy atom. The number of hydrogen-bond acceptors (Lipinski definition) is 3. The molecule has 0 fully saturated rings. The Morgan fingerprint density at radius 2 is 1.86 bits per heavy atom. The molecule has 1 amide bonds. The normalized spacial score (nSPS) is 12.1. The number of amides is 1. The largest absolute Gasteiger partial charge is 0.619 e. The highest BCUT2D eigenvalue weighted by atomic mass is 16.5. The van der Waals surface area contributed by atoms with E-state index in [2.05, 4.69) is 4.98 Å². The molecular weight excluding hydrogens is 352 g/mol. The van der Waals surface area contributed by atoms with Crippen molar-refractivity contribution in [2.45, 2.75) is 13.0 Å². The van der Waals surface area contributed by atoms with Crippen LogP contribution in [-0.4, -0.2) is 27.4 Å². The number of carbonyl (C=O) groups is 1. The molecule has 0 bridgehead atoms. The number of imidazole rings is 1. The molecule has 2 aromatic heterocycles. The maximum Gasteiger partial charge on any atom is 0.260 e. The lowest BCUT2D eigenvalue weighted by Gasteiger charge is -2.25. The Balaban J connectivity index is 1.57. The summed E-state index contributed by atoms with van der Waals surface area (Å²) < 4.78 is 2.67. The molecule has 6 nitrogen and oxygen atoms in total. The molecule has 0 saturated carbocycles. The van der Waals surface area contributed by atoms with Gasteiger partial charge < -0.3 is 10.1 Å². The van der Waals surface area contributed by atoms with Crippen molar-refractivity contribution in [3.05, 3.63) is 95.7 Å². The predicted octanol–water partition coefficient (Wildman–Crippen LogP) is 3.49. The summed E-state index contributed by atoms with van der Waals surface area (Å²) in [6.07, 6.45) is 4.46. The predicted molar refractivity (Wildman–Crippen MR) is 107 cm³/mol. The lowest BCUT2D eigenvalue weighted by atomic mass is 10.1. The van der Waals surface area contributed by atoms with Crippen LogP contribution in [0.15, 0.2) is 79.4 Å². The summed E-state index contributed by atoms with van der Waals surface area (Å²) >= 11 is 0. The molecular formula is C22H20N4O2. The van der Waals surface area contributed by atoms with Gasteiger partial charge in [0.15, 0.2) is 12.4 Å². The standard InChI is InChI=1S/C22H20N4O2/c1-16(24(2)22(27)18-6-5-13-25(28)14-18)17-9-11-19(12-10-17)26-15-23-20-7-3-4-8-21(20)26/h3-16H,1-2H3. The fraction of sp³-hybridized carbons (Fsp3) is 0.136. The third kappa shape index (κ3) is 3.20. The van der Waals surface area contributed by atoms with E-state index in [1.165, 1.54) is 12.4 Å². The molecule has 0 aliphatic heterocycles. The van der Waals surface area contributed by atoms with Gasteiger partial charge in [0.25, 0.3) is 5.91 Å². The van der Waals surface area contributed by atoms with Crippen molar-refractivity contribution in [2.75, 3.05) is 7.05 Å². The summed E-state index contributed by atoms with van der Waals surface area (Å²) in [6.45, 7) is 1.97. The van der Waals surface area contributed by atoms with Crippen molar-refractivity contribution in [2.24, 2.45) is 0 Å². The molecule has 4 aromatic rings. The average molecular weight is 372 g/mol. The van der Waals surface area contributed by atoms with Gasteiger partial charge in [-0.2, -0.15) is 4.73 Å². The van der Waals surface area contributed by atoms with Crippen molar-refractivity contribution in [3.63, 3.8) is 0 Å². The van der Waals surface area contributed by atoms with Crippen LogP contribution in [0.25, 0.3) is 16.7 Å². The van der Waals surface area contributed by atoms with E-state index in [1.54, 1.807) is 24.1 Å². The Labute approximate surface area is 162 Å². The molecule has 6 heteroatoms. The molecule has 0 spiro atoms. The molecule has 0 radical (unpaired) electrons. The molecule has 0 saturated heterocycles. The minimum atomic E-state index is -0.192. The van der Waals surface area contributed by atoms with Crippen LogP contribution < -0.4 is 4.73 Å². The first-order valence-electron chi connectivity index (χ1n) is 9.03. The quantitative estimate of drug-likeness (QED) is 0.407. The number of benzene rings is 2. The van der Waals surface area contributed by atoms with Crippen LogP contribution in [0.5, 0.6) is 0 Å². The van der Waals surface area contributed by atoms with Gasteiger partial charge in [-0.3, -0.25) is 9.36 Å². The molecule has 1 unspecified atom stereocenters. The number of rotatable bonds is 4. The van der Waals surface area contributed by atoms with Crippen molar-refractivity contribution >= 4 is 16.9 Å². The zero-order chi connectivity index (χ0) is 19.7. The van der Waals surface area contributed by atoms with Gasteiger partial charge in [-0.25, -0.2) is 4.98 Å². The van der Waals surface area contributed by atoms with E-state index in [4.69, 9.17) is 0 Å². The van der Waals surface area contributed by atoms with Crippen LogP contribution in [0.3, 0.4) is 0 Å². The Bertz CT molecular complexity index is 1130. The van der Waals surface area contributed by atoms with E-state index in [0.29, 0.717) is 10.3 Å². The molecule has 0 N–H and O–H groups in total. The lowest BCUT2D eigenvalue weighted by Crippen LogP contribution is -2.33. The third-order valence-corrected chi connectivity index (χ3v) is 5.03. The number of aromatic nitrogens is 3. The first-order valence-corrected chi connectivity index (χ1v) is 9.03. The van der Waals surface area contributed by atoms with Crippen LogP contribution in [-0.2, 0) is 0 Å². The SMILES string of the molecule is CC(c1ccc(-n2cnc3ccccc32)cc1)N(C)C(=O)c1ccc[n+]([O-])c1. The van der Waals surface area contributed by atoms with E-state index < -0.39 is 0 Å². The maximum absolute atomic E-state index is 12.7. The smallest absolute Gasteiger partial charge is 0.260 e. The zero-order valence-corrected chi connectivity index (χ0v) is 15.7. The van der Waals surface area contributed by atoms with Crippen molar-refractivity contribution < 1.29 is 9.52 Å². The minimum Gasteiger partial charge on any atom is -0.619 e. The van der Waals surface area contributed by atoms with Crippen molar-refractivity contribution in [1.82, 2.24) is 14.5 Å². The molecule has 28 heavy (non-hydrogen) atoms. The number of fused-ring (bicyclic) bond motifs is 1. The van der Waals surface area contributed by atoms with Gasteiger partial charge in [0, 0.05) is 18.8 Å². The van der Waals surface area contributed by atoms with E-state index >= 15 is 0 Å². The van der Waals surface area contributed by atoms with E-state index in [-0.39, 0.29) is 11.9 Å². The van der Waals surface area contributed by atoms with Crippen molar-refractivity contribution in [3.8, 4) is 5.69 Å². The second-order valence-corrected chi connectivity index (χ2v) is 6.74. The fourth-order valence-electron chi connectivity index (χ4n) is 3.26. The Morgan fingerprint density at radius 3 is 2.61 bits per heavy atom. The third-order valence-electron chi connectivity index (χ3n) is 5.03.